The Balaban J connectivity index is 3.42. The molecule has 94 valence electrons. The van der Waals surface area contributed by atoms with Crippen LogP contribution < -0.4 is 10.6 Å². The molecule has 0 aromatic heterocycles. The van der Waals surface area contributed by atoms with Gasteiger partial charge in [-0.3, -0.25) is 4.79 Å². The van der Waals surface area contributed by atoms with Crippen LogP contribution in [-0.4, -0.2) is 25.0 Å². The van der Waals surface area contributed by atoms with E-state index >= 15 is 0 Å². The van der Waals surface area contributed by atoms with Crippen molar-refractivity contribution in [3.05, 3.63) is 12.7 Å². The van der Waals surface area contributed by atoms with Crippen molar-refractivity contribution in [1.82, 2.24) is 10.6 Å². The highest BCUT2D eigenvalue weighted by atomic mass is 16.1. The average molecular weight is 226 g/mol. The molecule has 1 atom stereocenters. The van der Waals surface area contributed by atoms with Crippen LogP contribution in [0, 0.1) is 0 Å². The van der Waals surface area contributed by atoms with Crippen LogP contribution in [0.5, 0.6) is 0 Å². The van der Waals surface area contributed by atoms with Crippen molar-refractivity contribution in [2.24, 2.45) is 0 Å². The van der Waals surface area contributed by atoms with Crippen molar-refractivity contribution in [2.45, 2.75) is 52.0 Å². The van der Waals surface area contributed by atoms with Crippen LogP contribution in [-0.2, 0) is 4.79 Å². The van der Waals surface area contributed by atoms with Gasteiger partial charge in [0, 0.05) is 12.6 Å². The Bertz CT molecular complexity index is 192. The van der Waals surface area contributed by atoms with Crippen LogP contribution in [0.3, 0.4) is 0 Å². The third-order valence-corrected chi connectivity index (χ3v) is 2.47. The molecule has 0 aliphatic carbocycles. The standard InChI is InChI=1S/C13H26N2O/c1-4-6-7-8-9-12(3)15-13(16)11-14-10-5-2/h5,12,14H,2,4,6-11H2,1,3H3,(H,15,16). The molecule has 0 radical (unpaired) electrons. The fourth-order valence-electron chi connectivity index (χ4n) is 1.56. The second kappa shape index (κ2) is 10.7. The van der Waals surface area contributed by atoms with Crippen molar-refractivity contribution in [2.75, 3.05) is 13.1 Å². The van der Waals surface area contributed by atoms with E-state index in [0.29, 0.717) is 13.1 Å². The summed E-state index contributed by atoms with van der Waals surface area (Å²) in [6, 6.07) is 0.287. The predicted octanol–water partition coefficient (Wildman–Crippen LogP) is 2.24. The molecule has 3 nitrogen and oxygen atoms in total. The van der Waals surface area contributed by atoms with Gasteiger partial charge in [-0.15, -0.1) is 6.58 Å². The van der Waals surface area contributed by atoms with Gasteiger partial charge in [0.05, 0.1) is 6.54 Å². The molecule has 0 aromatic carbocycles. The number of nitrogens with one attached hydrogen (secondary N) is 2. The van der Waals surface area contributed by atoms with Crippen LogP contribution in [0.15, 0.2) is 12.7 Å². The van der Waals surface area contributed by atoms with Crippen molar-refractivity contribution in [1.29, 1.82) is 0 Å². The number of carbonyl (C=O) groups is 1. The van der Waals surface area contributed by atoms with Crippen LogP contribution in [0.4, 0.5) is 0 Å². The molecule has 0 fully saturated rings. The molecule has 0 aromatic rings. The highest BCUT2D eigenvalue weighted by Gasteiger charge is 2.05. The van der Waals surface area contributed by atoms with E-state index < -0.39 is 0 Å². The van der Waals surface area contributed by atoms with E-state index in [9.17, 15) is 4.79 Å². The number of rotatable bonds is 10. The van der Waals surface area contributed by atoms with E-state index in [4.69, 9.17) is 0 Å². The van der Waals surface area contributed by atoms with Crippen molar-refractivity contribution < 1.29 is 4.79 Å². The second-order valence-electron chi connectivity index (χ2n) is 4.24. The van der Waals surface area contributed by atoms with E-state index in [2.05, 4.69) is 31.1 Å². The Morgan fingerprint density at radius 1 is 1.38 bits per heavy atom. The van der Waals surface area contributed by atoms with Gasteiger partial charge in [-0.1, -0.05) is 38.7 Å². The number of hydrogen-bond acceptors (Lipinski definition) is 2. The number of amides is 1. The summed E-state index contributed by atoms with van der Waals surface area (Å²) in [7, 11) is 0. The second-order valence-corrected chi connectivity index (χ2v) is 4.24. The first kappa shape index (κ1) is 15.2. The molecule has 0 saturated carbocycles. The molecule has 3 heteroatoms. The Morgan fingerprint density at radius 3 is 2.75 bits per heavy atom. The third-order valence-electron chi connectivity index (χ3n) is 2.47. The molecular weight excluding hydrogens is 200 g/mol. The van der Waals surface area contributed by atoms with E-state index in [0.717, 1.165) is 6.42 Å². The SMILES string of the molecule is C=CCNCC(=O)NC(C)CCCCCC. The van der Waals surface area contributed by atoms with Gasteiger partial charge in [0.25, 0.3) is 0 Å². The zero-order valence-electron chi connectivity index (χ0n) is 10.7. The molecule has 0 spiro atoms. The number of unbranched alkanes of at least 4 members (excludes halogenated alkanes) is 3. The fraction of sp³-hybridized carbons (Fsp3) is 0.769. The summed E-state index contributed by atoms with van der Waals surface area (Å²) in [5.74, 6) is 0.0739. The highest BCUT2D eigenvalue weighted by Crippen LogP contribution is 2.04. The average Bonchev–Trinajstić information content (AvgIpc) is 2.25. The maximum absolute atomic E-state index is 11.4. The lowest BCUT2D eigenvalue weighted by atomic mass is 10.1. The lowest BCUT2D eigenvalue weighted by Crippen LogP contribution is -2.39. The quantitative estimate of drug-likeness (QED) is 0.443. The molecule has 16 heavy (non-hydrogen) atoms. The maximum atomic E-state index is 11.4. The molecule has 0 aliphatic heterocycles. The van der Waals surface area contributed by atoms with Crippen LogP contribution >= 0.6 is 0 Å². The molecule has 0 rings (SSSR count). The zero-order valence-corrected chi connectivity index (χ0v) is 10.7. The van der Waals surface area contributed by atoms with Gasteiger partial charge in [-0.05, 0) is 13.3 Å². The topological polar surface area (TPSA) is 41.1 Å². The van der Waals surface area contributed by atoms with Crippen molar-refractivity contribution in [3.8, 4) is 0 Å². The number of hydrogen-bond donors (Lipinski definition) is 2. The van der Waals surface area contributed by atoms with Crippen molar-refractivity contribution in [3.63, 3.8) is 0 Å². The third kappa shape index (κ3) is 9.71. The lowest BCUT2D eigenvalue weighted by Gasteiger charge is -2.13. The van der Waals surface area contributed by atoms with Gasteiger partial charge < -0.3 is 10.6 Å². The fourth-order valence-corrected chi connectivity index (χ4v) is 1.56. The monoisotopic (exact) mass is 226 g/mol. The summed E-state index contributed by atoms with van der Waals surface area (Å²) in [5, 5.41) is 5.97. The summed E-state index contributed by atoms with van der Waals surface area (Å²) in [6.45, 7) is 8.91. The van der Waals surface area contributed by atoms with Gasteiger partial charge in [-0.2, -0.15) is 0 Å². The van der Waals surface area contributed by atoms with Crippen LogP contribution in [0.25, 0.3) is 0 Å². The van der Waals surface area contributed by atoms with Gasteiger partial charge in [0.15, 0.2) is 0 Å². The first-order valence-electron chi connectivity index (χ1n) is 6.31. The van der Waals surface area contributed by atoms with Crippen LogP contribution in [0.2, 0.25) is 0 Å². The Labute approximate surface area is 99.7 Å². The maximum Gasteiger partial charge on any atom is 0.234 e. The highest BCUT2D eigenvalue weighted by molar-refractivity contribution is 5.78. The Morgan fingerprint density at radius 2 is 2.12 bits per heavy atom. The molecule has 1 amide bonds. The normalized spacial score (nSPS) is 12.1. The molecule has 0 saturated heterocycles. The van der Waals surface area contributed by atoms with E-state index in [-0.39, 0.29) is 11.9 Å². The largest absolute Gasteiger partial charge is 0.353 e. The number of carbonyl (C=O) groups excluding carboxylic acids is 1. The molecule has 0 heterocycles. The summed E-state index contributed by atoms with van der Waals surface area (Å²) in [6.07, 6.45) is 7.85. The first-order chi connectivity index (χ1) is 7.70. The first-order valence-corrected chi connectivity index (χ1v) is 6.31. The van der Waals surface area contributed by atoms with Gasteiger partial charge in [-0.25, -0.2) is 0 Å². The van der Waals surface area contributed by atoms with Gasteiger partial charge in [0.1, 0.15) is 0 Å². The minimum Gasteiger partial charge on any atom is -0.353 e. The van der Waals surface area contributed by atoms with Gasteiger partial charge in [0.2, 0.25) is 5.91 Å². The van der Waals surface area contributed by atoms with Crippen LogP contribution in [0.1, 0.15) is 46.0 Å². The summed E-state index contributed by atoms with van der Waals surface area (Å²) >= 11 is 0. The lowest BCUT2D eigenvalue weighted by molar-refractivity contribution is -0.120. The summed E-state index contributed by atoms with van der Waals surface area (Å²) < 4.78 is 0. The van der Waals surface area contributed by atoms with Crippen molar-refractivity contribution >= 4 is 5.91 Å². The van der Waals surface area contributed by atoms with E-state index in [1.165, 1.54) is 25.7 Å². The smallest absolute Gasteiger partial charge is 0.234 e. The summed E-state index contributed by atoms with van der Waals surface area (Å²) in [5.41, 5.74) is 0. The van der Waals surface area contributed by atoms with E-state index in [1.54, 1.807) is 6.08 Å². The predicted molar refractivity (Wildman–Crippen MR) is 69.4 cm³/mol. The Kier molecular flexibility index (Phi) is 10.1. The molecular formula is C13H26N2O. The van der Waals surface area contributed by atoms with Gasteiger partial charge >= 0.3 is 0 Å². The minimum absolute atomic E-state index is 0.0739. The molecule has 2 N–H and O–H groups in total. The molecule has 0 bridgehead atoms. The van der Waals surface area contributed by atoms with E-state index in [1.807, 2.05) is 0 Å². The zero-order chi connectivity index (χ0) is 12.2. The minimum atomic E-state index is 0.0739. The molecule has 0 aliphatic rings. The Hall–Kier alpha value is -0.830. The molecule has 1 unspecified atom stereocenters. The summed E-state index contributed by atoms with van der Waals surface area (Å²) in [4.78, 5) is 11.4.